The minimum atomic E-state index is -0.997. The third-order valence-electron chi connectivity index (χ3n) is 2.28. The number of carboxylic acid groups (broad SMARTS) is 1. The first-order chi connectivity index (χ1) is 7.77. The summed E-state index contributed by atoms with van der Waals surface area (Å²) >= 11 is 0. The highest BCUT2D eigenvalue weighted by Gasteiger charge is 2.32. The Morgan fingerprint density at radius 3 is 2.94 bits per heavy atom. The van der Waals surface area contributed by atoms with Crippen LogP contribution in [0.4, 0.5) is 0 Å². The molecule has 1 aliphatic rings. The molecule has 0 aliphatic heterocycles. The lowest BCUT2D eigenvalue weighted by atomic mass is 10.2. The van der Waals surface area contributed by atoms with E-state index in [0.717, 1.165) is 18.5 Å². The first-order valence-corrected chi connectivity index (χ1v) is 5.10. The SMILES string of the molecule is O=C(O)/C(=N\OCc1ccccn1)C1CC1. The molecular formula is C11H12N2O3. The predicted molar refractivity (Wildman–Crippen MR) is 56.8 cm³/mol. The topological polar surface area (TPSA) is 71.8 Å². The molecule has 0 spiro atoms. The largest absolute Gasteiger partial charge is 0.477 e. The maximum atomic E-state index is 10.8. The number of pyridine rings is 1. The maximum Gasteiger partial charge on any atom is 0.353 e. The summed E-state index contributed by atoms with van der Waals surface area (Å²) in [6.07, 6.45) is 3.43. The van der Waals surface area contributed by atoms with Gasteiger partial charge >= 0.3 is 5.97 Å². The first kappa shape index (κ1) is 10.6. The van der Waals surface area contributed by atoms with Crippen molar-refractivity contribution in [2.45, 2.75) is 19.4 Å². The Hall–Kier alpha value is -1.91. The molecule has 16 heavy (non-hydrogen) atoms. The number of nitrogens with zero attached hydrogens (tertiary/aromatic N) is 2. The number of carbonyl (C=O) groups is 1. The van der Waals surface area contributed by atoms with Gasteiger partial charge in [0.1, 0.15) is 0 Å². The summed E-state index contributed by atoms with van der Waals surface area (Å²) < 4.78 is 0. The Balaban J connectivity index is 1.90. The van der Waals surface area contributed by atoms with E-state index in [1.807, 2.05) is 6.07 Å². The molecule has 5 heteroatoms. The van der Waals surface area contributed by atoms with E-state index in [9.17, 15) is 4.79 Å². The average Bonchev–Trinajstić information content (AvgIpc) is 3.09. The summed E-state index contributed by atoms with van der Waals surface area (Å²) in [5, 5.41) is 12.5. The van der Waals surface area contributed by atoms with E-state index < -0.39 is 5.97 Å². The van der Waals surface area contributed by atoms with Gasteiger partial charge in [0, 0.05) is 12.1 Å². The van der Waals surface area contributed by atoms with Crippen LogP contribution in [0.1, 0.15) is 18.5 Å². The minimum Gasteiger partial charge on any atom is -0.477 e. The number of carboxylic acids is 1. The maximum absolute atomic E-state index is 10.8. The zero-order chi connectivity index (χ0) is 11.4. The molecule has 1 fully saturated rings. The molecule has 0 aromatic carbocycles. The molecule has 0 bridgehead atoms. The second-order valence-electron chi connectivity index (χ2n) is 3.65. The van der Waals surface area contributed by atoms with E-state index in [2.05, 4.69) is 10.1 Å². The molecule has 0 saturated heterocycles. The van der Waals surface area contributed by atoms with E-state index >= 15 is 0 Å². The quantitative estimate of drug-likeness (QED) is 0.602. The molecule has 0 atom stereocenters. The van der Waals surface area contributed by atoms with Crippen molar-refractivity contribution in [3.8, 4) is 0 Å². The van der Waals surface area contributed by atoms with Crippen LogP contribution in [0.5, 0.6) is 0 Å². The number of hydrogen-bond donors (Lipinski definition) is 1. The van der Waals surface area contributed by atoms with Crippen molar-refractivity contribution in [1.29, 1.82) is 0 Å². The lowest BCUT2D eigenvalue weighted by molar-refractivity contribution is -0.129. The standard InChI is InChI=1S/C11H12N2O3/c14-11(15)10(8-4-5-8)13-16-7-9-3-1-2-6-12-9/h1-3,6,8H,4-5,7H2,(H,14,15)/b13-10-. The Kier molecular flexibility index (Phi) is 3.14. The molecule has 2 rings (SSSR count). The van der Waals surface area contributed by atoms with E-state index in [0.29, 0.717) is 0 Å². The zero-order valence-electron chi connectivity index (χ0n) is 8.67. The molecule has 1 aromatic heterocycles. The Bertz CT molecular complexity index is 399. The molecule has 1 saturated carbocycles. The highest BCUT2D eigenvalue weighted by molar-refractivity contribution is 6.36. The molecule has 1 heterocycles. The van der Waals surface area contributed by atoms with Gasteiger partial charge in [-0.05, 0) is 25.0 Å². The summed E-state index contributed by atoms with van der Waals surface area (Å²) in [6, 6.07) is 5.45. The summed E-state index contributed by atoms with van der Waals surface area (Å²) in [4.78, 5) is 19.8. The Morgan fingerprint density at radius 2 is 2.38 bits per heavy atom. The van der Waals surface area contributed by atoms with Gasteiger partial charge in [0.25, 0.3) is 0 Å². The molecule has 84 valence electrons. The third-order valence-corrected chi connectivity index (χ3v) is 2.28. The van der Waals surface area contributed by atoms with Crippen molar-refractivity contribution < 1.29 is 14.7 Å². The van der Waals surface area contributed by atoms with E-state index in [-0.39, 0.29) is 18.2 Å². The summed E-state index contributed by atoms with van der Waals surface area (Å²) in [7, 11) is 0. The van der Waals surface area contributed by atoms with E-state index in [1.54, 1.807) is 18.3 Å². The molecule has 0 amide bonds. The molecule has 0 unspecified atom stereocenters. The second kappa shape index (κ2) is 4.74. The fraction of sp³-hybridized carbons (Fsp3) is 0.364. The second-order valence-corrected chi connectivity index (χ2v) is 3.65. The first-order valence-electron chi connectivity index (χ1n) is 5.10. The van der Waals surface area contributed by atoms with Crippen LogP contribution in [0.2, 0.25) is 0 Å². The van der Waals surface area contributed by atoms with Crippen molar-refractivity contribution in [3.63, 3.8) is 0 Å². The van der Waals surface area contributed by atoms with Crippen molar-refractivity contribution in [2.24, 2.45) is 11.1 Å². The van der Waals surface area contributed by atoms with Crippen LogP contribution in [0.15, 0.2) is 29.6 Å². The zero-order valence-corrected chi connectivity index (χ0v) is 8.67. The fourth-order valence-corrected chi connectivity index (χ4v) is 1.30. The number of aliphatic carboxylic acids is 1. The van der Waals surface area contributed by atoms with Gasteiger partial charge in [0.05, 0.1) is 5.69 Å². The lowest BCUT2D eigenvalue weighted by Crippen LogP contribution is -2.15. The molecule has 1 aromatic rings. The van der Waals surface area contributed by atoms with Gasteiger partial charge in [0.2, 0.25) is 0 Å². The molecule has 1 N–H and O–H groups in total. The highest BCUT2D eigenvalue weighted by atomic mass is 16.6. The van der Waals surface area contributed by atoms with Gasteiger partial charge in [-0.2, -0.15) is 0 Å². The van der Waals surface area contributed by atoms with Crippen LogP contribution in [0.3, 0.4) is 0 Å². The number of hydrogen-bond acceptors (Lipinski definition) is 4. The van der Waals surface area contributed by atoms with Crippen LogP contribution in [-0.4, -0.2) is 21.8 Å². The van der Waals surface area contributed by atoms with Crippen LogP contribution >= 0.6 is 0 Å². The van der Waals surface area contributed by atoms with Gasteiger partial charge in [-0.1, -0.05) is 11.2 Å². The normalized spacial score (nSPS) is 15.9. The van der Waals surface area contributed by atoms with Gasteiger partial charge in [-0.25, -0.2) is 4.79 Å². The van der Waals surface area contributed by atoms with Crippen LogP contribution in [0.25, 0.3) is 0 Å². The van der Waals surface area contributed by atoms with Gasteiger partial charge in [-0.3, -0.25) is 4.98 Å². The minimum absolute atomic E-state index is 0.0706. The summed E-state index contributed by atoms with van der Waals surface area (Å²) in [6.45, 7) is 0.199. The van der Waals surface area contributed by atoms with Crippen LogP contribution in [-0.2, 0) is 16.2 Å². The summed E-state index contributed by atoms with van der Waals surface area (Å²) in [5.41, 5.74) is 0.850. The smallest absolute Gasteiger partial charge is 0.353 e. The lowest BCUT2D eigenvalue weighted by Gasteiger charge is -2.00. The fourth-order valence-electron chi connectivity index (χ4n) is 1.30. The average molecular weight is 220 g/mol. The molecule has 0 radical (unpaired) electrons. The van der Waals surface area contributed by atoms with Gasteiger partial charge in [0.15, 0.2) is 12.3 Å². The Morgan fingerprint density at radius 1 is 1.56 bits per heavy atom. The van der Waals surface area contributed by atoms with Crippen molar-refractivity contribution in [3.05, 3.63) is 30.1 Å². The number of aromatic nitrogens is 1. The van der Waals surface area contributed by atoms with Crippen molar-refractivity contribution in [2.75, 3.05) is 0 Å². The highest BCUT2D eigenvalue weighted by Crippen LogP contribution is 2.30. The Labute approximate surface area is 92.8 Å². The molecule has 1 aliphatic carbocycles. The van der Waals surface area contributed by atoms with Crippen LogP contribution < -0.4 is 0 Å². The monoisotopic (exact) mass is 220 g/mol. The van der Waals surface area contributed by atoms with Gasteiger partial charge in [-0.15, -0.1) is 0 Å². The number of rotatable bonds is 5. The molecular weight excluding hydrogens is 208 g/mol. The number of oxime groups is 1. The van der Waals surface area contributed by atoms with Crippen LogP contribution in [0, 0.1) is 5.92 Å². The third kappa shape index (κ3) is 2.79. The van der Waals surface area contributed by atoms with E-state index in [1.165, 1.54) is 0 Å². The summed E-state index contributed by atoms with van der Waals surface area (Å²) in [5.74, 6) is -0.926. The molecule has 5 nitrogen and oxygen atoms in total. The van der Waals surface area contributed by atoms with Crippen molar-refractivity contribution >= 4 is 11.7 Å². The van der Waals surface area contributed by atoms with Crippen molar-refractivity contribution in [1.82, 2.24) is 4.98 Å². The predicted octanol–water partition coefficient (Wildman–Crippen LogP) is 1.45. The van der Waals surface area contributed by atoms with E-state index in [4.69, 9.17) is 9.94 Å². The van der Waals surface area contributed by atoms with Gasteiger partial charge < -0.3 is 9.94 Å².